The average molecular weight is 252 g/mol. The molecule has 17 heavy (non-hydrogen) atoms. The minimum absolute atomic E-state index is 0.0848. The summed E-state index contributed by atoms with van der Waals surface area (Å²) in [6, 6.07) is 5.48. The Morgan fingerprint density at radius 3 is 2.82 bits per heavy atom. The van der Waals surface area contributed by atoms with E-state index in [-0.39, 0.29) is 6.04 Å². The van der Waals surface area contributed by atoms with Crippen molar-refractivity contribution in [3.05, 3.63) is 41.4 Å². The number of imidazole rings is 1. The molecule has 4 nitrogen and oxygen atoms in total. The summed E-state index contributed by atoms with van der Waals surface area (Å²) in [4.78, 5) is 4.10. The van der Waals surface area contributed by atoms with Crippen LogP contribution in [0.25, 0.3) is 5.69 Å². The normalized spacial score (nSPS) is 12.5. The molecule has 0 saturated heterocycles. The van der Waals surface area contributed by atoms with Gasteiger partial charge < -0.3 is 15.0 Å². The minimum Gasteiger partial charge on any atom is -0.495 e. The molecule has 1 atom stereocenters. The molecule has 5 heteroatoms. The predicted octanol–water partition coefficient (Wildman–Crippen LogP) is 2.55. The SMILES string of the molecule is COc1ccc(-n2cncc2[C@@H](C)N)cc1Cl. The first kappa shape index (κ1) is 12.0. The molecule has 0 spiro atoms. The summed E-state index contributed by atoms with van der Waals surface area (Å²) in [5.74, 6) is 0.651. The van der Waals surface area contributed by atoms with Gasteiger partial charge in [-0.1, -0.05) is 11.6 Å². The van der Waals surface area contributed by atoms with Crippen molar-refractivity contribution < 1.29 is 4.74 Å². The van der Waals surface area contributed by atoms with E-state index in [1.54, 1.807) is 19.6 Å². The number of nitrogens with zero attached hydrogens (tertiary/aromatic N) is 2. The van der Waals surface area contributed by atoms with Gasteiger partial charge in [0.1, 0.15) is 5.75 Å². The number of nitrogens with two attached hydrogens (primary N) is 1. The molecular formula is C12H14ClN3O. The zero-order valence-electron chi connectivity index (χ0n) is 9.72. The molecule has 0 amide bonds. The Morgan fingerprint density at radius 2 is 2.24 bits per heavy atom. The van der Waals surface area contributed by atoms with Gasteiger partial charge in [0.2, 0.25) is 0 Å². The third-order valence-corrected chi connectivity index (χ3v) is 2.84. The number of ether oxygens (including phenoxy) is 1. The molecule has 0 unspecified atom stereocenters. The van der Waals surface area contributed by atoms with Gasteiger partial charge in [-0.05, 0) is 25.1 Å². The van der Waals surface area contributed by atoms with Gasteiger partial charge in [-0.15, -0.1) is 0 Å². The van der Waals surface area contributed by atoms with Crippen molar-refractivity contribution in [1.82, 2.24) is 9.55 Å². The molecule has 0 saturated carbocycles. The molecule has 2 aromatic rings. The number of hydrogen-bond acceptors (Lipinski definition) is 3. The van der Waals surface area contributed by atoms with E-state index >= 15 is 0 Å². The summed E-state index contributed by atoms with van der Waals surface area (Å²) >= 11 is 6.09. The number of halogens is 1. The molecule has 90 valence electrons. The van der Waals surface area contributed by atoms with Crippen LogP contribution in [0, 0.1) is 0 Å². The summed E-state index contributed by atoms with van der Waals surface area (Å²) in [7, 11) is 1.59. The minimum atomic E-state index is -0.0848. The Kier molecular flexibility index (Phi) is 3.36. The van der Waals surface area contributed by atoms with E-state index in [2.05, 4.69) is 4.98 Å². The molecule has 1 heterocycles. The highest BCUT2D eigenvalue weighted by molar-refractivity contribution is 6.32. The maximum Gasteiger partial charge on any atom is 0.137 e. The van der Waals surface area contributed by atoms with E-state index in [0.717, 1.165) is 11.4 Å². The second kappa shape index (κ2) is 4.77. The van der Waals surface area contributed by atoms with Crippen molar-refractivity contribution in [2.45, 2.75) is 13.0 Å². The third-order valence-electron chi connectivity index (χ3n) is 2.55. The number of hydrogen-bond donors (Lipinski definition) is 1. The van der Waals surface area contributed by atoms with Crippen LogP contribution >= 0.6 is 11.6 Å². The topological polar surface area (TPSA) is 53.1 Å². The summed E-state index contributed by atoms with van der Waals surface area (Å²) in [6.45, 7) is 1.92. The van der Waals surface area contributed by atoms with Crippen LogP contribution < -0.4 is 10.5 Å². The second-order valence-electron chi connectivity index (χ2n) is 3.80. The molecule has 0 aliphatic rings. The Hall–Kier alpha value is -1.52. The lowest BCUT2D eigenvalue weighted by molar-refractivity contribution is 0.415. The van der Waals surface area contributed by atoms with E-state index in [1.807, 2.05) is 29.7 Å². The van der Waals surface area contributed by atoms with Gasteiger partial charge in [0.15, 0.2) is 0 Å². The van der Waals surface area contributed by atoms with E-state index in [1.165, 1.54) is 0 Å². The van der Waals surface area contributed by atoms with Crippen LogP contribution in [-0.2, 0) is 0 Å². The van der Waals surface area contributed by atoms with Crippen molar-refractivity contribution >= 4 is 11.6 Å². The van der Waals surface area contributed by atoms with Crippen molar-refractivity contribution in [3.8, 4) is 11.4 Å². The Balaban J connectivity index is 2.46. The molecular weight excluding hydrogens is 238 g/mol. The van der Waals surface area contributed by atoms with Crippen molar-refractivity contribution in [1.29, 1.82) is 0 Å². The summed E-state index contributed by atoms with van der Waals surface area (Å²) in [5.41, 5.74) is 7.73. The standard InChI is InChI=1S/C12H14ClN3O/c1-8(14)11-6-15-7-16(11)9-3-4-12(17-2)10(13)5-9/h3-8H,14H2,1-2H3/t8-/m1/s1. The molecule has 0 bridgehead atoms. The van der Waals surface area contributed by atoms with Crippen LogP contribution in [-0.4, -0.2) is 16.7 Å². The molecule has 0 aliphatic carbocycles. The molecule has 2 rings (SSSR count). The van der Waals surface area contributed by atoms with Gasteiger partial charge >= 0.3 is 0 Å². The Bertz CT molecular complexity index is 522. The zero-order valence-corrected chi connectivity index (χ0v) is 10.5. The highest BCUT2D eigenvalue weighted by Gasteiger charge is 2.10. The molecule has 1 aromatic heterocycles. The summed E-state index contributed by atoms with van der Waals surface area (Å²) < 4.78 is 7.03. The van der Waals surface area contributed by atoms with Crippen LogP contribution in [0.1, 0.15) is 18.7 Å². The number of rotatable bonds is 3. The van der Waals surface area contributed by atoms with Crippen molar-refractivity contribution in [2.75, 3.05) is 7.11 Å². The predicted molar refractivity (Wildman–Crippen MR) is 67.7 cm³/mol. The van der Waals surface area contributed by atoms with E-state index < -0.39 is 0 Å². The van der Waals surface area contributed by atoms with Crippen LogP contribution in [0.2, 0.25) is 5.02 Å². The average Bonchev–Trinajstić information content (AvgIpc) is 2.77. The Labute approximate surface area is 105 Å². The summed E-state index contributed by atoms with van der Waals surface area (Å²) in [5, 5.41) is 0.564. The number of aromatic nitrogens is 2. The van der Waals surface area contributed by atoms with Crippen molar-refractivity contribution in [3.63, 3.8) is 0 Å². The molecule has 0 radical (unpaired) electrons. The smallest absolute Gasteiger partial charge is 0.137 e. The van der Waals surface area contributed by atoms with E-state index in [0.29, 0.717) is 10.8 Å². The van der Waals surface area contributed by atoms with Crippen LogP contribution in [0.3, 0.4) is 0 Å². The van der Waals surface area contributed by atoms with Crippen LogP contribution in [0.4, 0.5) is 0 Å². The molecule has 0 aliphatic heterocycles. The first-order chi connectivity index (χ1) is 8.13. The van der Waals surface area contributed by atoms with E-state index in [9.17, 15) is 0 Å². The van der Waals surface area contributed by atoms with Gasteiger partial charge in [-0.25, -0.2) is 4.98 Å². The lowest BCUT2D eigenvalue weighted by atomic mass is 10.2. The summed E-state index contributed by atoms with van der Waals surface area (Å²) in [6.07, 6.45) is 3.47. The maximum atomic E-state index is 6.09. The number of benzene rings is 1. The second-order valence-corrected chi connectivity index (χ2v) is 4.20. The third kappa shape index (κ3) is 2.28. The van der Waals surface area contributed by atoms with Gasteiger partial charge in [0.05, 0.1) is 30.4 Å². The first-order valence-corrected chi connectivity index (χ1v) is 5.63. The Morgan fingerprint density at radius 1 is 1.47 bits per heavy atom. The van der Waals surface area contributed by atoms with Crippen LogP contribution in [0.15, 0.2) is 30.7 Å². The maximum absolute atomic E-state index is 6.09. The molecule has 2 N–H and O–H groups in total. The van der Waals surface area contributed by atoms with Crippen LogP contribution in [0.5, 0.6) is 5.75 Å². The highest BCUT2D eigenvalue weighted by atomic mass is 35.5. The van der Waals surface area contributed by atoms with Gasteiger partial charge in [-0.2, -0.15) is 0 Å². The fourth-order valence-corrected chi connectivity index (χ4v) is 1.92. The fraction of sp³-hybridized carbons (Fsp3) is 0.250. The number of methoxy groups -OCH3 is 1. The van der Waals surface area contributed by atoms with E-state index in [4.69, 9.17) is 22.1 Å². The van der Waals surface area contributed by atoms with Crippen molar-refractivity contribution in [2.24, 2.45) is 5.73 Å². The molecule has 0 fully saturated rings. The van der Waals surface area contributed by atoms with Gasteiger partial charge in [-0.3, -0.25) is 0 Å². The quantitative estimate of drug-likeness (QED) is 0.912. The first-order valence-electron chi connectivity index (χ1n) is 5.25. The van der Waals surface area contributed by atoms with Gasteiger partial charge in [0, 0.05) is 11.7 Å². The lowest BCUT2D eigenvalue weighted by Gasteiger charge is -2.12. The zero-order chi connectivity index (χ0) is 12.4. The fourth-order valence-electron chi connectivity index (χ4n) is 1.66. The molecule has 1 aromatic carbocycles. The highest BCUT2D eigenvalue weighted by Crippen LogP contribution is 2.27. The lowest BCUT2D eigenvalue weighted by Crippen LogP contribution is -2.10. The van der Waals surface area contributed by atoms with Gasteiger partial charge in [0.25, 0.3) is 0 Å². The monoisotopic (exact) mass is 251 g/mol. The largest absolute Gasteiger partial charge is 0.495 e.